The van der Waals surface area contributed by atoms with E-state index in [1.807, 2.05) is 20.8 Å². The second-order valence-corrected chi connectivity index (χ2v) is 7.46. The van der Waals surface area contributed by atoms with Crippen LogP contribution in [-0.2, 0) is 11.2 Å². The van der Waals surface area contributed by atoms with E-state index in [-0.39, 0.29) is 12.1 Å². The zero-order valence-corrected chi connectivity index (χ0v) is 15.0. The van der Waals surface area contributed by atoms with Gasteiger partial charge in [0.05, 0.1) is 0 Å². The molecule has 0 heterocycles. The van der Waals surface area contributed by atoms with Crippen molar-refractivity contribution in [1.29, 1.82) is 0 Å². The van der Waals surface area contributed by atoms with E-state index in [0.717, 1.165) is 25.7 Å². The first-order valence-corrected chi connectivity index (χ1v) is 8.63. The molecule has 1 saturated carbocycles. The summed E-state index contributed by atoms with van der Waals surface area (Å²) in [6, 6.07) is 7.03. The summed E-state index contributed by atoms with van der Waals surface area (Å²) >= 11 is 0. The number of amides is 1. The number of alkyl carbamates (subject to hydrolysis) is 1. The zero-order valence-electron chi connectivity index (χ0n) is 15.0. The molecule has 2 unspecified atom stereocenters. The van der Waals surface area contributed by atoms with Gasteiger partial charge in [-0.25, -0.2) is 4.79 Å². The van der Waals surface area contributed by atoms with Crippen LogP contribution in [0.2, 0.25) is 0 Å². The molecule has 4 nitrogen and oxygen atoms in total. The first kappa shape index (κ1) is 17.6. The number of nitrogens with one attached hydrogen (secondary N) is 2. The van der Waals surface area contributed by atoms with Crippen molar-refractivity contribution >= 4 is 11.8 Å². The molecule has 1 fully saturated rings. The average molecular weight is 318 g/mol. The Bertz CT molecular complexity index is 549. The predicted molar refractivity (Wildman–Crippen MR) is 95.0 cm³/mol. The van der Waals surface area contributed by atoms with Gasteiger partial charge in [-0.1, -0.05) is 25.1 Å². The number of hydrogen-bond donors (Lipinski definition) is 2. The lowest BCUT2D eigenvalue weighted by molar-refractivity contribution is 0.0505. The molecule has 0 aromatic heterocycles. The summed E-state index contributed by atoms with van der Waals surface area (Å²) in [5.41, 5.74) is 3.46. The minimum absolute atomic E-state index is 0.191. The van der Waals surface area contributed by atoms with Gasteiger partial charge in [-0.15, -0.1) is 0 Å². The second-order valence-electron chi connectivity index (χ2n) is 7.46. The fraction of sp³-hybridized carbons (Fsp3) is 0.632. The number of benzene rings is 1. The highest BCUT2D eigenvalue weighted by Crippen LogP contribution is 2.28. The molecule has 1 aliphatic carbocycles. The second kappa shape index (κ2) is 7.24. The summed E-state index contributed by atoms with van der Waals surface area (Å²) in [4.78, 5) is 11.9. The molecule has 4 heteroatoms. The lowest BCUT2D eigenvalue weighted by Gasteiger charge is -2.22. The van der Waals surface area contributed by atoms with Gasteiger partial charge in [-0.3, -0.25) is 0 Å². The van der Waals surface area contributed by atoms with Gasteiger partial charge in [-0.2, -0.15) is 0 Å². The number of hydrogen-bond acceptors (Lipinski definition) is 3. The van der Waals surface area contributed by atoms with Gasteiger partial charge in [-0.05, 0) is 64.5 Å². The summed E-state index contributed by atoms with van der Waals surface area (Å²) < 4.78 is 5.34. The largest absolute Gasteiger partial charge is 0.444 e. The Morgan fingerprint density at radius 3 is 2.61 bits per heavy atom. The van der Waals surface area contributed by atoms with Crippen molar-refractivity contribution in [2.45, 2.75) is 78.0 Å². The van der Waals surface area contributed by atoms with Crippen LogP contribution < -0.4 is 10.6 Å². The van der Waals surface area contributed by atoms with Gasteiger partial charge in [0.2, 0.25) is 0 Å². The molecule has 1 amide bonds. The van der Waals surface area contributed by atoms with Gasteiger partial charge in [0.25, 0.3) is 0 Å². The van der Waals surface area contributed by atoms with Crippen molar-refractivity contribution in [2.75, 3.05) is 5.32 Å². The highest BCUT2D eigenvalue weighted by Gasteiger charge is 2.28. The summed E-state index contributed by atoms with van der Waals surface area (Å²) in [6.45, 7) is 9.98. The normalized spacial score (nSPS) is 21.1. The molecule has 0 bridgehead atoms. The van der Waals surface area contributed by atoms with E-state index in [2.05, 4.69) is 42.7 Å². The van der Waals surface area contributed by atoms with Crippen molar-refractivity contribution in [1.82, 2.24) is 5.32 Å². The predicted octanol–water partition coefficient (Wildman–Crippen LogP) is 4.42. The van der Waals surface area contributed by atoms with Gasteiger partial charge in [0.15, 0.2) is 0 Å². The highest BCUT2D eigenvalue weighted by molar-refractivity contribution is 5.68. The maximum Gasteiger partial charge on any atom is 0.407 e. The van der Waals surface area contributed by atoms with Gasteiger partial charge >= 0.3 is 6.09 Å². The van der Waals surface area contributed by atoms with Crippen LogP contribution in [0.3, 0.4) is 0 Å². The first-order chi connectivity index (χ1) is 10.8. The fourth-order valence-electron chi connectivity index (χ4n) is 3.15. The molecule has 2 rings (SSSR count). The molecular formula is C19H30N2O2. The molecule has 0 radical (unpaired) electrons. The van der Waals surface area contributed by atoms with Crippen molar-refractivity contribution in [3.05, 3.63) is 29.3 Å². The Morgan fingerprint density at radius 1 is 1.26 bits per heavy atom. The molecule has 1 aliphatic rings. The Labute approximate surface area is 140 Å². The van der Waals surface area contributed by atoms with Crippen molar-refractivity contribution in [3.63, 3.8) is 0 Å². The van der Waals surface area contributed by atoms with Crippen molar-refractivity contribution in [2.24, 2.45) is 0 Å². The number of carbonyl (C=O) groups excluding carboxylic acids is 1. The summed E-state index contributed by atoms with van der Waals surface area (Å²) in [5, 5.41) is 6.68. The molecule has 2 N–H and O–H groups in total. The van der Waals surface area contributed by atoms with Crippen LogP contribution in [0.25, 0.3) is 0 Å². The molecule has 0 saturated heterocycles. The van der Waals surface area contributed by atoms with Gasteiger partial charge in [0, 0.05) is 17.8 Å². The van der Waals surface area contributed by atoms with Crippen LogP contribution >= 0.6 is 0 Å². The van der Waals surface area contributed by atoms with Gasteiger partial charge < -0.3 is 15.4 Å². The topological polar surface area (TPSA) is 50.4 Å². The molecule has 128 valence electrons. The Morgan fingerprint density at radius 2 is 1.96 bits per heavy atom. The number of aryl methyl sites for hydroxylation is 2. The third kappa shape index (κ3) is 5.15. The number of carbonyl (C=O) groups is 1. The summed E-state index contributed by atoms with van der Waals surface area (Å²) in [6.07, 6.45) is 3.71. The summed E-state index contributed by atoms with van der Waals surface area (Å²) in [5.74, 6) is 0. The smallest absolute Gasteiger partial charge is 0.407 e. The van der Waals surface area contributed by atoms with Crippen LogP contribution in [0.4, 0.5) is 10.5 Å². The van der Waals surface area contributed by atoms with Crippen molar-refractivity contribution < 1.29 is 9.53 Å². The molecule has 23 heavy (non-hydrogen) atoms. The number of para-hydroxylation sites is 1. The van der Waals surface area contributed by atoms with E-state index in [0.29, 0.717) is 6.04 Å². The molecule has 1 aromatic carbocycles. The third-order valence-corrected chi connectivity index (χ3v) is 4.24. The molecular weight excluding hydrogens is 288 g/mol. The monoisotopic (exact) mass is 318 g/mol. The molecule has 0 aliphatic heterocycles. The van der Waals surface area contributed by atoms with E-state index in [9.17, 15) is 4.79 Å². The molecule has 2 atom stereocenters. The van der Waals surface area contributed by atoms with Crippen LogP contribution in [0.1, 0.15) is 58.1 Å². The fourth-order valence-corrected chi connectivity index (χ4v) is 3.15. The van der Waals surface area contributed by atoms with Gasteiger partial charge in [0.1, 0.15) is 5.60 Å². The maximum atomic E-state index is 11.9. The molecule has 0 spiro atoms. The standard InChI is InChI=1S/C19H30N2O2/c1-6-14-9-7-8-13(2)17(14)20-15-10-11-16(12-15)21-18(22)23-19(3,4)5/h7-9,15-16,20H,6,10-12H2,1-5H3,(H,21,22). The van der Waals surface area contributed by atoms with Crippen LogP contribution in [0, 0.1) is 6.92 Å². The SMILES string of the molecule is CCc1cccc(C)c1NC1CCC(NC(=O)OC(C)(C)C)C1. The summed E-state index contributed by atoms with van der Waals surface area (Å²) in [7, 11) is 0. The zero-order chi connectivity index (χ0) is 17.0. The molecule has 1 aromatic rings. The van der Waals surface area contributed by atoms with E-state index in [1.165, 1.54) is 16.8 Å². The Hall–Kier alpha value is -1.71. The van der Waals surface area contributed by atoms with Crippen LogP contribution in [-0.4, -0.2) is 23.8 Å². The van der Waals surface area contributed by atoms with E-state index >= 15 is 0 Å². The Kier molecular flexibility index (Phi) is 5.55. The minimum atomic E-state index is -0.447. The third-order valence-electron chi connectivity index (χ3n) is 4.24. The van der Waals surface area contributed by atoms with Crippen LogP contribution in [0.5, 0.6) is 0 Å². The van der Waals surface area contributed by atoms with E-state index in [1.54, 1.807) is 0 Å². The average Bonchev–Trinajstić information content (AvgIpc) is 2.86. The Balaban J connectivity index is 1.90. The van der Waals surface area contributed by atoms with E-state index < -0.39 is 5.60 Å². The minimum Gasteiger partial charge on any atom is -0.444 e. The number of ether oxygens (including phenoxy) is 1. The lowest BCUT2D eigenvalue weighted by Crippen LogP contribution is -2.38. The van der Waals surface area contributed by atoms with Crippen molar-refractivity contribution in [3.8, 4) is 0 Å². The van der Waals surface area contributed by atoms with E-state index in [4.69, 9.17) is 4.74 Å². The highest BCUT2D eigenvalue weighted by atomic mass is 16.6. The lowest BCUT2D eigenvalue weighted by atomic mass is 10.0. The maximum absolute atomic E-state index is 11.9. The number of anilines is 1. The number of rotatable bonds is 4. The first-order valence-electron chi connectivity index (χ1n) is 8.63. The quantitative estimate of drug-likeness (QED) is 0.864. The van der Waals surface area contributed by atoms with Crippen LogP contribution in [0.15, 0.2) is 18.2 Å².